The van der Waals surface area contributed by atoms with Gasteiger partial charge in [0, 0.05) is 29.6 Å². The minimum Gasteiger partial charge on any atom is -0.274 e. The van der Waals surface area contributed by atoms with Crippen molar-refractivity contribution in [2.45, 2.75) is 17.7 Å². The van der Waals surface area contributed by atoms with Crippen LogP contribution in [0.1, 0.15) is 12.8 Å². The van der Waals surface area contributed by atoms with Crippen LogP contribution in [0.2, 0.25) is 0 Å². The Hall–Kier alpha value is -2.21. The van der Waals surface area contributed by atoms with E-state index in [1.165, 1.54) is 12.3 Å². The highest BCUT2D eigenvalue weighted by molar-refractivity contribution is 7.90. The number of carbonyl (C=O) groups excluding carboxylic acids is 1. The molecule has 6 heteroatoms. The Morgan fingerprint density at radius 2 is 2.15 bits per heavy atom. The van der Waals surface area contributed by atoms with Crippen LogP contribution in [0, 0.1) is 0 Å². The van der Waals surface area contributed by atoms with Gasteiger partial charge in [0.15, 0.2) is 0 Å². The number of pyridine rings is 1. The largest absolute Gasteiger partial charge is 0.274 e. The highest BCUT2D eigenvalue weighted by Crippen LogP contribution is 2.21. The van der Waals surface area contributed by atoms with Gasteiger partial charge in [-0.25, -0.2) is 13.1 Å². The molecule has 0 aliphatic carbocycles. The molecule has 1 aromatic heterocycles. The first-order valence-electron chi connectivity index (χ1n) is 6.04. The van der Waals surface area contributed by atoms with E-state index in [-0.39, 0.29) is 11.3 Å². The van der Waals surface area contributed by atoms with Crippen molar-refractivity contribution in [3.8, 4) is 0 Å². The lowest BCUT2D eigenvalue weighted by molar-refractivity contribution is -0.119. The standard InChI is InChI=1S/C14H14N2O3S/c1-2-3-7-14(17)16-20(18,19)13-6-4-5-11-10-15-9-8-12(11)13/h2,4-6,8-10H,1,3,7H2,(H,16,17). The van der Waals surface area contributed by atoms with Gasteiger partial charge < -0.3 is 0 Å². The average Bonchev–Trinajstić information content (AvgIpc) is 2.44. The van der Waals surface area contributed by atoms with Crippen LogP contribution in [-0.4, -0.2) is 19.3 Å². The van der Waals surface area contributed by atoms with E-state index in [0.29, 0.717) is 17.2 Å². The second-order valence-corrected chi connectivity index (χ2v) is 5.86. The molecule has 1 N–H and O–H groups in total. The summed E-state index contributed by atoms with van der Waals surface area (Å²) < 4.78 is 26.5. The lowest BCUT2D eigenvalue weighted by Crippen LogP contribution is -2.30. The molecule has 20 heavy (non-hydrogen) atoms. The number of aromatic nitrogens is 1. The fourth-order valence-corrected chi connectivity index (χ4v) is 3.06. The number of allylic oxidation sites excluding steroid dienone is 1. The summed E-state index contributed by atoms with van der Waals surface area (Å²) in [6.07, 6.45) is 5.18. The van der Waals surface area contributed by atoms with Gasteiger partial charge in [-0.3, -0.25) is 9.78 Å². The zero-order valence-electron chi connectivity index (χ0n) is 10.7. The van der Waals surface area contributed by atoms with Gasteiger partial charge >= 0.3 is 0 Å². The van der Waals surface area contributed by atoms with Crippen LogP contribution in [0.4, 0.5) is 0 Å². The summed E-state index contributed by atoms with van der Waals surface area (Å²) in [7, 11) is -3.88. The van der Waals surface area contributed by atoms with Gasteiger partial charge in [-0.1, -0.05) is 18.2 Å². The molecule has 0 radical (unpaired) electrons. The molecule has 5 nitrogen and oxygen atoms in total. The van der Waals surface area contributed by atoms with Crippen molar-refractivity contribution in [3.63, 3.8) is 0 Å². The van der Waals surface area contributed by atoms with E-state index < -0.39 is 15.9 Å². The first-order chi connectivity index (χ1) is 9.54. The van der Waals surface area contributed by atoms with E-state index in [2.05, 4.69) is 16.3 Å². The summed E-state index contributed by atoms with van der Waals surface area (Å²) in [5.74, 6) is -0.545. The second-order valence-electron chi connectivity index (χ2n) is 4.21. The first-order valence-corrected chi connectivity index (χ1v) is 7.52. The van der Waals surface area contributed by atoms with Gasteiger partial charge in [0.05, 0.1) is 4.90 Å². The van der Waals surface area contributed by atoms with Crippen LogP contribution in [0.15, 0.2) is 54.2 Å². The summed E-state index contributed by atoms with van der Waals surface area (Å²) in [4.78, 5) is 15.6. The normalized spacial score (nSPS) is 11.2. The highest BCUT2D eigenvalue weighted by Gasteiger charge is 2.19. The number of carbonyl (C=O) groups is 1. The minimum absolute atomic E-state index is 0.0735. The Kier molecular flexibility index (Phi) is 4.14. The number of amides is 1. The SMILES string of the molecule is C=CCCC(=O)NS(=O)(=O)c1cccc2cnccc12. The predicted octanol–water partition coefficient (Wildman–Crippen LogP) is 2.01. The molecule has 104 valence electrons. The molecule has 0 aliphatic rings. The van der Waals surface area contributed by atoms with Crippen molar-refractivity contribution in [1.82, 2.24) is 9.71 Å². The third-order valence-corrected chi connectivity index (χ3v) is 4.19. The van der Waals surface area contributed by atoms with Gasteiger partial charge in [0.1, 0.15) is 0 Å². The Balaban J connectivity index is 2.37. The van der Waals surface area contributed by atoms with Crippen LogP contribution in [-0.2, 0) is 14.8 Å². The Labute approximate surface area is 117 Å². The quantitative estimate of drug-likeness (QED) is 0.855. The Bertz CT molecular complexity index is 749. The summed E-state index contributed by atoms with van der Waals surface area (Å²) in [6, 6.07) is 6.46. The number of benzene rings is 1. The van der Waals surface area contributed by atoms with E-state index >= 15 is 0 Å². The minimum atomic E-state index is -3.88. The Morgan fingerprint density at radius 3 is 2.90 bits per heavy atom. The van der Waals surface area contributed by atoms with Crippen molar-refractivity contribution in [2.24, 2.45) is 0 Å². The lowest BCUT2D eigenvalue weighted by Gasteiger charge is -2.09. The summed E-state index contributed by atoms with van der Waals surface area (Å²) in [6.45, 7) is 3.49. The molecule has 0 unspecified atom stereocenters. The number of nitrogens with zero attached hydrogens (tertiary/aromatic N) is 1. The van der Waals surface area contributed by atoms with E-state index in [9.17, 15) is 13.2 Å². The Morgan fingerprint density at radius 1 is 1.35 bits per heavy atom. The number of nitrogens with one attached hydrogen (secondary N) is 1. The summed E-state index contributed by atoms with van der Waals surface area (Å²) in [5, 5.41) is 1.24. The molecule has 0 atom stereocenters. The number of hydrogen-bond donors (Lipinski definition) is 1. The molecule has 2 rings (SSSR count). The van der Waals surface area contributed by atoms with E-state index in [0.717, 1.165) is 0 Å². The maximum absolute atomic E-state index is 12.2. The summed E-state index contributed by atoms with van der Waals surface area (Å²) in [5.41, 5.74) is 0. The first kappa shape index (κ1) is 14.2. The van der Waals surface area contributed by atoms with Gasteiger partial charge in [-0.15, -0.1) is 6.58 Å². The number of rotatable bonds is 5. The van der Waals surface area contributed by atoms with Gasteiger partial charge in [-0.2, -0.15) is 0 Å². The maximum Gasteiger partial charge on any atom is 0.264 e. The molecule has 2 aromatic rings. The molecule has 0 bridgehead atoms. The smallest absolute Gasteiger partial charge is 0.264 e. The van der Waals surface area contributed by atoms with Crippen molar-refractivity contribution in [3.05, 3.63) is 49.3 Å². The van der Waals surface area contributed by atoms with Gasteiger partial charge in [0.2, 0.25) is 5.91 Å². The molecular formula is C14H14N2O3S. The lowest BCUT2D eigenvalue weighted by atomic mass is 10.2. The monoisotopic (exact) mass is 290 g/mol. The fraction of sp³-hybridized carbons (Fsp3) is 0.143. The van der Waals surface area contributed by atoms with Crippen LogP contribution in [0.25, 0.3) is 10.8 Å². The predicted molar refractivity (Wildman–Crippen MR) is 76.5 cm³/mol. The van der Waals surface area contributed by atoms with Gasteiger partial charge in [0.25, 0.3) is 10.0 Å². The molecule has 0 saturated heterocycles. The van der Waals surface area contributed by atoms with Crippen LogP contribution in [0.3, 0.4) is 0 Å². The topological polar surface area (TPSA) is 76.1 Å². The number of hydrogen-bond acceptors (Lipinski definition) is 4. The molecule has 1 heterocycles. The molecular weight excluding hydrogens is 276 g/mol. The average molecular weight is 290 g/mol. The van der Waals surface area contributed by atoms with Gasteiger partial charge in [-0.05, 0) is 18.6 Å². The number of sulfonamides is 1. The van der Waals surface area contributed by atoms with E-state index in [4.69, 9.17) is 0 Å². The third kappa shape index (κ3) is 3.03. The zero-order valence-corrected chi connectivity index (χ0v) is 11.6. The van der Waals surface area contributed by atoms with Crippen LogP contribution < -0.4 is 4.72 Å². The molecule has 0 aliphatic heterocycles. The van der Waals surface area contributed by atoms with Crippen molar-refractivity contribution >= 4 is 26.7 Å². The highest BCUT2D eigenvalue weighted by atomic mass is 32.2. The molecule has 0 saturated carbocycles. The van der Waals surface area contributed by atoms with Crippen LogP contribution in [0.5, 0.6) is 0 Å². The van der Waals surface area contributed by atoms with E-state index in [1.807, 2.05) is 0 Å². The molecule has 0 spiro atoms. The summed E-state index contributed by atoms with van der Waals surface area (Å²) >= 11 is 0. The molecule has 0 fully saturated rings. The second kappa shape index (κ2) is 5.83. The van der Waals surface area contributed by atoms with Crippen molar-refractivity contribution in [1.29, 1.82) is 0 Å². The molecule has 1 amide bonds. The molecule has 1 aromatic carbocycles. The van der Waals surface area contributed by atoms with Crippen LogP contribution >= 0.6 is 0 Å². The maximum atomic E-state index is 12.2. The number of fused-ring (bicyclic) bond motifs is 1. The van der Waals surface area contributed by atoms with Crippen molar-refractivity contribution < 1.29 is 13.2 Å². The fourth-order valence-electron chi connectivity index (χ4n) is 1.82. The zero-order chi connectivity index (χ0) is 14.6. The van der Waals surface area contributed by atoms with E-state index in [1.54, 1.807) is 30.5 Å². The van der Waals surface area contributed by atoms with Crippen molar-refractivity contribution in [2.75, 3.05) is 0 Å². The third-order valence-electron chi connectivity index (χ3n) is 2.75.